The first-order chi connectivity index (χ1) is 11.2. The minimum atomic E-state index is 0.742. The molecule has 3 aromatic heterocycles. The van der Waals surface area contributed by atoms with Crippen LogP contribution in [-0.2, 0) is 0 Å². The van der Waals surface area contributed by atoms with Crippen LogP contribution in [0.1, 0.15) is 5.56 Å². The van der Waals surface area contributed by atoms with Crippen LogP contribution in [0.3, 0.4) is 0 Å². The number of hydrogen-bond donors (Lipinski definition) is 0. The van der Waals surface area contributed by atoms with Crippen molar-refractivity contribution in [3.8, 4) is 22.4 Å². The molecule has 5 heteroatoms. The summed E-state index contributed by atoms with van der Waals surface area (Å²) in [7, 11) is 0. The van der Waals surface area contributed by atoms with Crippen LogP contribution in [0, 0.1) is 6.92 Å². The summed E-state index contributed by atoms with van der Waals surface area (Å²) in [5.41, 5.74) is 5.86. The average molecular weight is 321 g/mol. The normalized spacial score (nSPS) is 11.0. The third kappa shape index (κ3) is 2.37. The molecule has 4 aromatic rings. The number of halogens is 1. The molecule has 0 aliphatic carbocycles. The topological polar surface area (TPSA) is 43.1 Å². The Labute approximate surface area is 138 Å². The molecule has 0 amide bonds. The summed E-state index contributed by atoms with van der Waals surface area (Å²) in [5, 5.41) is 4.94. The molecule has 0 radical (unpaired) electrons. The van der Waals surface area contributed by atoms with E-state index in [1.165, 1.54) is 0 Å². The van der Waals surface area contributed by atoms with Crippen LogP contribution >= 0.6 is 11.6 Å². The number of benzene rings is 1. The molecule has 4 nitrogen and oxygen atoms in total. The SMILES string of the molecule is Cc1c(Cl)cccc1-c1ncccc1-c1ccc2ncnn2c1. The summed E-state index contributed by atoms with van der Waals surface area (Å²) in [5.74, 6) is 0. The third-order valence-electron chi connectivity index (χ3n) is 3.92. The van der Waals surface area contributed by atoms with E-state index in [1.807, 2.05) is 49.5 Å². The lowest BCUT2D eigenvalue weighted by Crippen LogP contribution is -1.94. The number of fused-ring (bicyclic) bond motifs is 1. The van der Waals surface area contributed by atoms with E-state index in [1.54, 1.807) is 17.0 Å². The minimum absolute atomic E-state index is 0.742. The van der Waals surface area contributed by atoms with Crippen molar-refractivity contribution >= 4 is 17.2 Å². The second-order valence-electron chi connectivity index (χ2n) is 5.29. The molecule has 0 unspecified atom stereocenters. The van der Waals surface area contributed by atoms with Crippen LogP contribution in [0.5, 0.6) is 0 Å². The van der Waals surface area contributed by atoms with Crippen molar-refractivity contribution in [1.82, 2.24) is 19.6 Å². The average Bonchev–Trinajstić information content (AvgIpc) is 3.05. The van der Waals surface area contributed by atoms with Crippen molar-refractivity contribution in [2.75, 3.05) is 0 Å². The van der Waals surface area contributed by atoms with Gasteiger partial charge in [0.25, 0.3) is 0 Å². The van der Waals surface area contributed by atoms with Crippen molar-refractivity contribution in [3.05, 3.63) is 71.8 Å². The van der Waals surface area contributed by atoms with Gasteiger partial charge >= 0.3 is 0 Å². The molecule has 23 heavy (non-hydrogen) atoms. The maximum atomic E-state index is 6.28. The van der Waals surface area contributed by atoms with E-state index in [9.17, 15) is 0 Å². The third-order valence-corrected chi connectivity index (χ3v) is 4.33. The van der Waals surface area contributed by atoms with Gasteiger partial charge in [0.2, 0.25) is 0 Å². The Morgan fingerprint density at radius 3 is 2.74 bits per heavy atom. The van der Waals surface area contributed by atoms with Crippen molar-refractivity contribution < 1.29 is 0 Å². The van der Waals surface area contributed by atoms with Gasteiger partial charge in [0.15, 0.2) is 5.65 Å². The zero-order valence-electron chi connectivity index (χ0n) is 12.4. The Hall–Kier alpha value is -2.72. The van der Waals surface area contributed by atoms with Gasteiger partial charge in [0.05, 0.1) is 5.69 Å². The molecule has 0 bridgehead atoms. The second kappa shape index (κ2) is 5.48. The summed E-state index contributed by atoms with van der Waals surface area (Å²) in [4.78, 5) is 8.77. The van der Waals surface area contributed by atoms with Crippen LogP contribution in [-0.4, -0.2) is 19.6 Å². The lowest BCUT2D eigenvalue weighted by molar-refractivity contribution is 0.962. The Kier molecular flexibility index (Phi) is 3.32. The largest absolute Gasteiger partial charge is 0.256 e. The zero-order valence-corrected chi connectivity index (χ0v) is 13.2. The second-order valence-corrected chi connectivity index (χ2v) is 5.70. The lowest BCUT2D eigenvalue weighted by Gasteiger charge is -2.12. The van der Waals surface area contributed by atoms with Crippen molar-refractivity contribution in [2.24, 2.45) is 0 Å². The first kappa shape index (κ1) is 13.9. The Balaban J connectivity index is 1.94. The van der Waals surface area contributed by atoms with Crippen molar-refractivity contribution in [2.45, 2.75) is 6.92 Å². The maximum absolute atomic E-state index is 6.28. The zero-order chi connectivity index (χ0) is 15.8. The molecule has 0 fully saturated rings. The molecule has 0 spiro atoms. The molecular formula is C18H13ClN4. The van der Waals surface area contributed by atoms with Crippen LogP contribution in [0.15, 0.2) is 61.2 Å². The molecule has 0 N–H and O–H groups in total. The molecule has 0 atom stereocenters. The van der Waals surface area contributed by atoms with Gasteiger partial charge in [-0.15, -0.1) is 0 Å². The van der Waals surface area contributed by atoms with E-state index in [0.29, 0.717) is 0 Å². The molecule has 112 valence electrons. The minimum Gasteiger partial charge on any atom is -0.256 e. The first-order valence-electron chi connectivity index (χ1n) is 7.24. The van der Waals surface area contributed by atoms with Crippen molar-refractivity contribution in [1.29, 1.82) is 0 Å². The van der Waals surface area contributed by atoms with Gasteiger partial charge in [-0.25, -0.2) is 9.50 Å². The number of aromatic nitrogens is 4. The smallest absolute Gasteiger partial charge is 0.155 e. The van der Waals surface area contributed by atoms with E-state index < -0.39 is 0 Å². The Morgan fingerprint density at radius 1 is 0.957 bits per heavy atom. The van der Waals surface area contributed by atoms with Gasteiger partial charge in [0.1, 0.15) is 6.33 Å². The summed E-state index contributed by atoms with van der Waals surface area (Å²) in [6, 6.07) is 13.9. The molecule has 0 saturated carbocycles. The molecule has 3 heterocycles. The van der Waals surface area contributed by atoms with Gasteiger partial charge in [-0.3, -0.25) is 4.98 Å². The highest BCUT2D eigenvalue weighted by atomic mass is 35.5. The van der Waals surface area contributed by atoms with Gasteiger partial charge in [-0.1, -0.05) is 29.8 Å². The van der Waals surface area contributed by atoms with Gasteiger partial charge in [-0.05, 0) is 36.8 Å². The number of rotatable bonds is 2. The summed E-state index contributed by atoms with van der Waals surface area (Å²) in [6.45, 7) is 2.01. The fourth-order valence-electron chi connectivity index (χ4n) is 2.69. The molecule has 4 rings (SSSR count). The van der Waals surface area contributed by atoms with Gasteiger partial charge in [0, 0.05) is 34.1 Å². The van der Waals surface area contributed by atoms with Gasteiger partial charge < -0.3 is 0 Å². The van der Waals surface area contributed by atoms with Crippen molar-refractivity contribution in [3.63, 3.8) is 0 Å². The Bertz CT molecular complexity index is 1010. The van der Waals surface area contributed by atoms with Crippen LogP contribution in [0.25, 0.3) is 28.0 Å². The summed E-state index contributed by atoms with van der Waals surface area (Å²) >= 11 is 6.28. The van der Waals surface area contributed by atoms with Crippen LogP contribution in [0.2, 0.25) is 5.02 Å². The molecule has 0 aliphatic heterocycles. The highest BCUT2D eigenvalue weighted by Gasteiger charge is 2.12. The highest BCUT2D eigenvalue weighted by Crippen LogP contribution is 2.34. The highest BCUT2D eigenvalue weighted by molar-refractivity contribution is 6.31. The first-order valence-corrected chi connectivity index (χ1v) is 7.62. The van der Waals surface area contributed by atoms with Gasteiger partial charge in [-0.2, -0.15) is 5.10 Å². The quantitative estimate of drug-likeness (QED) is 0.549. The standard InChI is InChI=1S/C18H13ClN4/c1-12-14(4-2-6-16(12)19)18-15(5-3-9-20-18)13-7-8-17-21-11-22-23(17)10-13/h2-11H,1H3. The number of hydrogen-bond acceptors (Lipinski definition) is 3. The molecule has 0 saturated heterocycles. The maximum Gasteiger partial charge on any atom is 0.155 e. The fraction of sp³-hybridized carbons (Fsp3) is 0.0556. The van der Waals surface area contributed by atoms with E-state index in [2.05, 4.69) is 21.1 Å². The monoisotopic (exact) mass is 320 g/mol. The predicted octanol–water partition coefficient (Wildman–Crippen LogP) is 4.42. The van der Waals surface area contributed by atoms with E-state index in [0.717, 1.165) is 38.6 Å². The van der Waals surface area contributed by atoms with Crippen LogP contribution < -0.4 is 0 Å². The number of pyridine rings is 2. The lowest BCUT2D eigenvalue weighted by atomic mass is 9.97. The summed E-state index contributed by atoms with van der Waals surface area (Å²) in [6.07, 6.45) is 5.31. The molecular weight excluding hydrogens is 308 g/mol. The Morgan fingerprint density at radius 2 is 1.83 bits per heavy atom. The molecule has 1 aromatic carbocycles. The van der Waals surface area contributed by atoms with Crippen LogP contribution in [0.4, 0.5) is 0 Å². The van der Waals surface area contributed by atoms with E-state index >= 15 is 0 Å². The predicted molar refractivity (Wildman–Crippen MR) is 91.4 cm³/mol. The summed E-state index contributed by atoms with van der Waals surface area (Å²) < 4.78 is 1.76. The fourth-order valence-corrected chi connectivity index (χ4v) is 2.87. The number of nitrogens with zero attached hydrogens (tertiary/aromatic N) is 4. The van der Waals surface area contributed by atoms with E-state index in [4.69, 9.17) is 11.6 Å². The molecule has 0 aliphatic rings. The van der Waals surface area contributed by atoms with E-state index in [-0.39, 0.29) is 0 Å².